The number of carbonyl (C=O) groups is 2. The van der Waals surface area contributed by atoms with Crippen LogP contribution in [0.3, 0.4) is 0 Å². The minimum Gasteiger partial charge on any atom is -0.464 e. The Labute approximate surface area is 173 Å². The second-order valence-electron chi connectivity index (χ2n) is 7.69. The summed E-state index contributed by atoms with van der Waals surface area (Å²) < 4.78 is 11.9. The largest absolute Gasteiger partial charge is 0.464 e. The van der Waals surface area contributed by atoms with Crippen LogP contribution < -0.4 is 10.6 Å². The molecule has 2 N–H and O–H groups in total. The van der Waals surface area contributed by atoms with E-state index in [9.17, 15) is 9.59 Å². The maximum absolute atomic E-state index is 12.6. The molecule has 0 aliphatic heterocycles. The number of pyridine rings is 2. The Hall–Kier alpha value is -3.69. The Bertz CT molecular complexity index is 1130. The molecule has 3 heterocycles. The Kier molecular flexibility index (Phi) is 5.34. The van der Waals surface area contributed by atoms with E-state index < -0.39 is 17.7 Å². The number of nitrogens with zero attached hydrogens (tertiary/aromatic N) is 5. The third-order valence-electron chi connectivity index (χ3n) is 4.25. The number of carbonyl (C=O) groups excluding carboxylic acids is 2. The van der Waals surface area contributed by atoms with Crippen molar-refractivity contribution in [2.75, 3.05) is 24.8 Å². The summed E-state index contributed by atoms with van der Waals surface area (Å²) in [6.45, 7) is 5.33. The van der Waals surface area contributed by atoms with E-state index in [2.05, 4.69) is 15.0 Å². The number of nitrogen functional groups attached to an aromatic ring is 1. The number of amides is 1. The van der Waals surface area contributed by atoms with Crippen LogP contribution in [0.4, 0.5) is 16.4 Å². The Morgan fingerprint density at radius 1 is 1.20 bits per heavy atom. The highest BCUT2D eigenvalue weighted by Gasteiger charge is 2.27. The SMILES string of the molecule is COC(=O)c1cccc(-c2c(N)nc(N(C)C(=O)OC(C)(C)C)c3ncn(C)c23)n1. The van der Waals surface area contributed by atoms with Crippen molar-refractivity contribution in [3.63, 3.8) is 0 Å². The summed E-state index contributed by atoms with van der Waals surface area (Å²) in [6, 6.07) is 4.94. The number of nitrogens with two attached hydrogens (primary N) is 1. The van der Waals surface area contributed by atoms with Gasteiger partial charge in [-0.1, -0.05) is 6.07 Å². The van der Waals surface area contributed by atoms with Crippen LogP contribution in [0.15, 0.2) is 24.5 Å². The Morgan fingerprint density at radius 2 is 1.90 bits per heavy atom. The summed E-state index contributed by atoms with van der Waals surface area (Å²) >= 11 is 0. The smallest absolute Gasteiger partial charge is 0.415 e. The average molecular weight is 412 g/mol. The normalized spacial score (nSPS) is 11.4. The van der Waals surface area contributed by atoms with Crippen molar-refractivity contribution in [2.45, 2.75) is 26.4 Å². The number of hydrogen-bond donors (Lipinski definition) is 1. The van der Waals surface area contributed by atoms with Gasteiger partial charge in [0, 0.05) is 14.1 Å². The summed E-state index contributed by atoms with van der Waals surface area (Å²) in [4.78, 5) is 38.9. The zero-order chi connectivity index (χ0) is 22.2. The number of rotatable bonds is 3. The molecular weight excluding hydrogens is 388 g/mol. The first-order chi connectivity index (χ1) is 14.0. The molecule has 10 heteroatoms. The highest BCUT2D eigenvalue weighted by molar-refractivity contribution is 6.05. The lowest BCUT2D eigenvalue weighted by Crippen LogP contribution is -2.34. The molecule has 1 amide bonds. The lowest BCUT2D eigenvalue weighted by Gasteiger charge is -2.24. The average Bonchev–Trinajstić information content (AvgIpc) is 3.06. The molecule has 3 aromatic heterocycles. The van der Waals surface area contributed by atoms with Gasteiger partial charge < -0.3 is 19.8 Å². The molecule has 0 unspecified atom stereocenters. The number of esters is 1. The molecule has 0 atom stereocenters. The van der Waals surface area contributed by atoms with Gasteiger partial charge in [0.1, 0.15) is 22.6 Å². The summed E-state index contributed by atoms with van der Waals surface area (Å²) in [6.07, 6.45) is 1.01. The van der Waals surface area contributed by atoms with Crippen LogP contribution in [-0.2, 0) is 16.5 Å². The van der Waals surface area contributed by atoms with Gasteiger partial charge in [-0.25, -0.2) is 24.5 Å². The molecule has 0 saturated heterocycles. The molecule has 0 bridgehead atoms. The van der Waals surface area contributed by atoms with Gasteiger partial charge in [0.2, 0.25) is 0 Å². The van der Waals surface area contributed by atoms with Crippen LogP contribution in [0, 0.1) is 0 Å². The number of aryl methyl sites for hydroxylation is 1. The maximum atomic E-state index is 12.6. The van der Waals surface area contributed by atoms with Gasteiger partial charge in [-0.15, -0.1) is 0 Å². The van der Waals surface area contributed by atoms with E-state index in [1.807, 2.05) is 0 Å². The van der Waals surface area contributed by atoms with E-state index in [0.29, 0.717) is 22.3 Å². The van der Waals surface area contributed by atoms with E-state index in [1.165, 1.54) is 12.0 Å². The summed E-state index contributed by atoms with van der Waals surface area (Å²) in [7, 11) is 4.62. The van der Waals surface area contributed by atoms with Gasteiger partial charge in [-0.05, 0) is 32.9 Å². The van der Waals surface area contributed by atoms with Gasteiger partial charge in [0.25, 0.3) is 0 Å². The number of anilines is 2. The first kappa shape index (κ1) is 21.0. The van der Waals surface area contributed by atoms with E-state index in [1.54, 1.807) is 64.0 Å². The van der Waals surface area contributed by atoms with Crippen LogP contribution in [0.5, 0.6) is 0 Å². The maximum Gasteiger partial charge on any atom is 0.415 e. The minimum absolute atomic E-state index is 0.131. The van der Waals surface area contributed by atoms with Crippen LogP contribution in [0.1, 0.15) is 31.3 Å². The van der Waals surface area contributed by atoms with Crippen molar-refractivity contribution in [3.05, 3.63) is 30.2 Å². The first-order valence-electron chi connectivity index (χ1n) is 9.16. The molecule has 0 aliphatic carbocycles. The van der Waals surface area contributed by atoms with Crippen LogP contribution in [-0.4, -0.2) is 51.3 Å². The molecular formula is C20H24N6O4. The van der Waals surface area contributed by atoms with Crippen LogP contribution in [0.2, 0.25) is 0 Å². The zero-order valence-electron chi connectivity index (χ0n) is 17.8. The highest BCUT2D eigenvalue weighted by atomic mass is 16.6. The van der Waals surface area contributed by atoms with Crippen molar-refractivity contribution >= 4 is 34.7 Å². The van der Waals surface area contributed by atoms with Crippen LogP contribution >= 0.6 is 0 Å². The van der Waals surface area contributed by atoms with Crippen LogP contribution in [0.25, 0.3) is 22.3 Å². The van der Waals surface area contributed by atoms with E-state index >= 15 is 0 Å². The fourth-order valence-corrected chi connectivity index (χ4v) is 2.93. The molecule has 0 aliphatic rings. The number of imidazole rings is 1. The van der Waals surface area contributed by atoms with E-state index in [-0.39, 0.29) is 17.3 Å². The third-order valence-corrected chi connectivity index (χ3v) is 4.25. The number of methoxy groups -OCH3 is 1. The standard InChI is InChI=1S/C20H24N6O4/c1-20(2,3)30-19(28)26(5)17-14-15(25(4)10-22-14)13(16(21)24-17)11-8-7-9-12(23-11)18(27)29-6/h7-10H,1-6H3,(H2,21,24). The fraction of sp³-hybridized carbons (Fsp3) is 0.350. The van der Waals surface area contributed by atoms with Crippen molar-refractivity contribution in [1.82, 2.24) is 19.5 Å². The fourth-order valence-electron chi connectivity index (χ4n) is 2.93. The number of hydrogen-bond acceptors (Lipinski definition) is 8. The van der Waals surface area contributed by atoms with Gasteiger partial charge in [-0.2, -0.15) is 0 Å². The van der Waals surface area contributed by atoms with E-state index in [4.69, 9.17) is 15.2 Å². The lowest BCUT2D eigenvalue weighted by atomic mass is 10.1. The molecule has 3 aromatic rings. The summed E-state index contributed by atoms with van der Waals surface area (Å²) in [5.74, 6) is -0.179. The Balaban J connectivity index is 2.18. The highest BCUT2D eigenvalue weighted by Crippen LogP contribution is 2.36. The Morgan fingerprint density at radius 3 is 2.53 bits per heavy atom. The lowest BCUT2D eigenvalue weighted by molar-refractivity contribution is 0.0581. The van der Waals surface area contributed by atoms with Gasteiger partial charge in [0.15, 0.2) is 5.82 Å². The molecule has 0 radical (unpaired) electrons. The topological polar surface area (TPSA) is 125 Å². The summed E-state index contributed by atoms with van der Waals surface area (Å²) in [5.41, 5.74) is 7.74. The van der Waals surface area contributed by atoms with Gasteiger partial charge in [0.05, 0.1) is 30.2 Å². The number of fused-ring (bicyclic) bond motifs is 1. The number of ether oxygens (including phenoxy) is 2. The molecule has 10 nitrogen and oxygen atoms in total. The van der Waals surface area contributed by atoms with Crippen molar-refractivity contribution in [1.29, 1.82) is 0 Å². The first-order valence-corrected chi connectivity index (χ1v) is 9.16. The van der Waals surface area contributed by atoms with E-state index in [0.717, 1.165) is 0 Å². The second-order valence-corrected chi connectivity index (χ2v) is 7.69. The number of aromatic nitrogens is 4. The molecule has 0 saturated carbocycles. The molecule has 3 rings (SSSR count). The molecule has 158 valence electrons. The summed E-state index contributed by atoms with van der Waals surface area (Å²) in [5, 5.41) is 0. The minimum atomic E-state index is -0.668. The van der Waals surface area contributed by atoms with Crippen molar-refractivity contribution in [2.24, 2.45) is 7.05 Å². The second kappa shape index (κ2) is 7.62. The molecule has 30 heavy (non-hydrogen) atoms. The quantitative estimate of drug-likeness (QED) is 0.651. The zero-order valence-corrected chi connectivity index (χ0v) is 17.8. The molecule has 0 spiro atoms. The third kappa shape index (κ3) is 3.88. The monoisotopic (exact) mass is 412 g/mol. The molecule has 0 aromatic carbocycles. The van der Waals surface area contributed by atoms with Crippen molar-refractivity contribution in [3.8, 4) is 11.3 Å². The van der Waals surface area contributed by atoms with Gasteiger partial charge in [-0.3, -0.25) is 4.90 Å². The predicted octanol–water partition coefficient (Wildman–Crippen LogP) is 2.77. The van der Waals surface area contributed by atoms with Gasteiger partial charge >= 0.3 is 12.1 Å². The predicted molar refractivity (Wildman–Crippen MR) is 112 cm³/mol. The van der Waals surface area contributed by atoms with Crippen molar-refractivity contribution < 1.29 is 19.1 Å². The molecule has 0 fully saturated rings.